The van der Waals surface area contributed by atoms with Gasteiger partial charge in [-0.2, -0.15) is 0 Å². The fourth-order valence-corrected chi connectivity index (χ4v) is 4.48. The largest absolute Gasteiger partial charge is 0.474 e. The molecule has 3 atom stereocenters. The van der Waals surface area contributed by atoms with Gasteiger partial charge in [-0.05, 0) is 36.9 Å². The van der Waals surface area contributed by atoms with Gasteiger partial charge < -0.3 is 25.6 Å². The van der Waals surface area contributed by atoms with Crippen LogP contribution >= 0.6 is 0 Å². The lowest BCUT2D eigenvalue weighted by atomic mass is 9.69. The summed E-state index contributed by atoms with van der Waals surface area (Å²) in [7, 11) is 0. The minimum absolute atomic E-state index is 0.0408. The van der Waals surface area contributed by atoms with E-state index in [-0.39, 0.29) is 29.1 Å². The Morgan fingerprint density at radius 3 is 2.88 bits per heavy atom. The second-order valence-electron chi connectivity index (χ2n) is 9.11. The van der Waals surface area contributed by atoms with Gasteiger partial charge in [0, 0.05) is 47.8 Å². The Kier molecular flexibility index (Phi) is 5.20. The highest BCUT2D eigenvalue weighted by Crippen LogP contribution is 2.41. The van der Waals surface area contributed by atoms with Crippen LogP contribution in [0.1, 0.15) is 25.8 Å². The number of hydrogen-bond acceptors (Lipinski definition) is 8. The Morgan fingerprint density at radius 2 is 2.15 bits per heavy atom. The monoisotopic (exact) mass is 467 g/mol. The van der Waals surface area contributed by atoms with Crippen LogP contribution in [0.2, 0.25) is 0 Å². The smallest absolute Gasteiger partial charge is 0.413 e. The number of nitrogens with one attached hydrogen (secondary N) is 2. The van der Waals surface area contributed by atoms with Gasteiger partial charge in [-0.3, -0.25) is 5.32 Å². The molecule has 1 saturated carbocycles. The Balaban J connectivity index is 1.45. The van der Waals surface area contributed by atoms with Gasteiger partial charge in [0.2, 0.25) is 5.88 Å². The van der Waals surface area contributed by atoms with E-state index in [2.05, 4.69) is 20.6 Å². The Morgan fingerprint density at radius 1 is 1.35 bits per heavy atom. The van der Waals surface area contributed by atoms with E-state index in [0.29, 0.717) is 41.8 Å². The Bertz CT molecular complexity index is 1310. The van der Waals surface area contributed by atoms with Gasteiger partial charge in [-0.15, -0.1) is 0 Å². The Hall–Kier alpha value is -3.66. The number of fused-ring (bicyclic) bond motifs is 2. The van der Waals surface area contributed by atoms with Crippen LogP contribution in [-0.4, -0.2) is 46.0 Å². The predicted molar refractivity (Wildman–Crippen MR) is 126 cm³/mol. The number of amides is 1. The number of carbonyl (C=O) groups excluding carboxylic acids is 1. The first kappa shape index (κ1) is 22.1. The van der Waals surface area contributed by atoms with Crippen molar-refractivity contribution in [2.24, 2.45) is 5.92 Å². The van der Waals surface area contributed by atoms with Crippen molar-refractivity contribution in [2.45, 2.75) is 38.9 Å². The van der Waals surface area contributed by atoms with E-state index in [1.54, 1.807) is 25.3 Å². The molecule has 178 valence electrons. The summed E-state index contributed by atoms with van der Waals surface area (Å²) < 4.78 is 26.2. The van der Waals surface area contributed by atoms with E-state index in [1.165, 1.54) is 6.20 Å². The number of nitrogens with two attached hydrogens (primary N) is 1. The molecule has 0 bridgehead atoms. The van der Waals surface area contributed by atoms with Crippen LogP contribution in [0.25, 0.3) is 21.9 Å². The molecule has 10 heteroatoms. The number of nitrogens with zero attached hydrogens (tertiary/aromatic N) is 2. The third-order valence-electron chi connectivity index (χ3n) is 6.88. The molecule has 2 aromatic heterocycles. The molecule has 0 unspecified atom stereocenters. The van der Waals surface area contributed by atoms with Gasteiger partial charge in [0.25, 0.3) is 0 Å². The fourth-order valence-electron chi connectivity index (χ4n) is 4.48. The number of nitrogen functional groups attached to an aromatic ring is 1. The molecule has 0 spiro atoms. The topological polar surface area (TPSA) is 132 Å². The van der Waals surface area contributed by atoms with Crippen LogP contribution < -0.4 is 21.1 Å². The van der Waals surface area contributed by atoms with E-state index < -0.39 is 17.5 Å². The van der Waals surface area contributed by atoms with Crippen molar-refractivity contribution in [2.75, 3.05) is 29.5 Å². The van der Waals surface area contributed by atoms with Gasteiger partial charge in [-0.1, -0.05) is 6.92 Å². The van der Waals surface area contributed by atoms with E-state index in [1.807, 2.05) is 13.8 Å². The van der Waals surface area contributed by atoms with Gasteiger partial charge in [0.15, 0.2) is 5.82 Å². The van der Waals surface area contributed by atoms with Crippen molar-refractivity contribution in [3.8, 4) is 17.0 Å². The molecule has 0 saturated heterocycles. The molecule has 1 fully saturated rings. The quantitative estimate of drug-likeness (QED) is 0.427. The molecule has 1 aromatic carbocycles. The van der Waals surface area contributed by atoms with Crippen LogP contribution in [0, 0.1) is 18.7 Å². The summed E-state index contributed by atoms with van der Waals surface area (Å²) in [6.07, 6.45) is 2.31. The molecule has 34 heavy (non-hydrogen) atoms. The summed E-state index contributed by atoms with van der Waals surface area (Å²) in [5.41, 5.74) is 7.63. The van der Waals surface area contributed by atoms with Crippen molar-refractivity contribution < 1.29 is 23.8 Å². The number of aromatic nitrogens is 2. The summed E-state index contributed by atoms with van der Waals surface area (Å²) in [5.74, 6) is -0.00904. The number of rotatable bonds is 3. The number of halogens is 1. The highest BCUT2D eigenvalue weighted by molar-refractivity contribution is 5.99. The fraction of sp³-hybridized carbons (Fsp3) is 0.375. The van der Waals surface area contributed by atoms with Crippen molar-refractivity contribution in [1.29, 1.82) is 0 Å². The van der Waals surface area contributed by atoms with E-state index in [0.717, 1.165) is 11.3 Å². The standard InChI is InChI=1S/C24H26FN5O4/c1-11-15(9-29-22-21(11)27-4-5-33-22)14-6-13-7-18(28-10-16(13)20(26)19(14)25)30-23(31)34-17-8-24(3,32)12(17)2/h6-7,9-10,12,17,27,32H,4-5,8,26H2,1-3H3,(H,28,30,31)/t12-,17-,24+/m1/s1. The molecule has 1 aliphatic carbocycles. The number of pyridine rings is 2. The average Bonchev–Trinajstić information content (AvgIpc) is 2.81. The molecule has 2 aliphatic rings. The van der Waals surface area contributed by atoms with Gasteiger partial charge in [0.1, 0.15) is 24.2 Å². The van der Waals surface area contributed by atoms with Gasteiger partial charge >= 0.3 is 6.09 Å². The number of hydrogen-bond donors (Lipinski definition) is 4. The third kappa shape index (κ3) is 3.63. The molecular weight excluding hydrogens is 441 g/mol. The number of carbonyl (C=O) groups is 1. The third-order valence-corrected chi connectivity index (χ3v) is 6.88. The zero-order chi connectivity index (χ0) is 24.2. The first-order valence-electron chi connectivity index (χ1n) is 11.1. The molecule has 9 nitrogen and oxygen atoms in total. The SMILES string of the molecule is Cc1c(-c2cc3cc(NC(=O)O[C@@H]4C[C@](C)(O)[C@@H]4C)ncc3c(N)c2F)cnc2c1NCCO2. The van der Waals surface area contributed by atoms with Crippen LogP contribution in [-0.2, 0) is 4.74 Å². The van der Waals surface area contributed by atoms with E-state index in [9.17, 15) is 9.90 Å². The lowest BCUT2D eigenvalue weighted by Crippen LogP contribution is -2.55. The maximum Gasteiger partial charge on any atom is 0.413 e. The summed E-state index contributed by atoms with van der Waals surface area (Å²) in [6.45, 7) is 6.55. The molecule has 1 aliphatic heterocycles. The lowest BCUT2D eigenvalue weighted by Gasteiger charge is -2.46. The molecule has 3 heterocycles. The first-order chi connectivity index (χ1) is 16.2. The zero-order valence-electron chi connectivity index (χ0n) is 19.1. The van der Waals surface area contributed by atoms with Crippen LogP contribution in [0.3, 0.4) is 0 Å². The van der Waals surface area contributed by atoms with E-state index >= 15 is 4.39 Å². The van der Waals surface area contributed by atoms with Crippen LogP contribution in [0.4, 0.5) is 26.4 Å². The zero-order valence-corrected chi connectivity index (χ0v) is 19.1. The van der Waals surface area contributed by atoms with Crippen molar-refractivity contribution >= 4 is 34.1 Å². The lowest BCUT2D eigenvalue weighted by molar-refractivity contribution is -0.153. The minimum atomic E-state index is -0.838. The molecule has 5 N–H and O–H groups in total. The summed E-state index contributed by atoms with van der Waals surface area (Å²) >= 11 is 0. The van der Waals surface area contributed by atoms with E-state index in [4.69, 9.17) is 15.2 Å². The average molecular weight is 468 g/mol. The number of ether oxygens (including phenoxy) is 2. The summed E-state index contributed by atoms with van der Waals surface area (Å²) in [6, 6.07) is 3.27. The van der Waals surface area contributed by atoms with Gasteiger partial charge in [0.05, 0.1) is 11.3 Å². The van der Waals surface area contributed by atoms with Crippen molar-refractivity contribution in [3.63, 3.8) is 0 Å². The molecule has 1 amide bonds. The molecule has 3 aromatic rings. The highest BCUT2D eigenvalue weighted by Gasteiger charge is 2.49. The summed E-state index contributed by atoms with van der Waals surface area (Å²) in [4.78, 5) is 20.8. The highest BCUT2D eigenvalue weighted by atomic mass is 19.1. The Labute approximate surface area is 195 Å². The molecular formula is C24H26FN5O4. The van der Waals surface area contributed by atoms with Crippen molar-refractivity contribution in [1.82, 2.24) is 9.97 Å². The number of anilines is 3. The number of aliphatic hydroxyl groups is 1. The second-order valence-corrected chi connectivity index (χ2v) is 9.11. The summed E-state index contributed by atoms with van der Waals surface area (Å²) in [5, 5.41) is 16.9. The van der Waals surface area contributed by atoms with Crippen molar-refractivity contribution in [3.05, 3.63) is 35.9 Å². The predicted octanol–water partition coefficient (Wildman–Crippen LogP) is 3.84. The normalized spacial score (nSPS) is 23.3. The van der Waals surface area contributed by atoms with Gasteiger partial charge in [-0.25, -0.2) is 19.2 Å². The molecule has 5 rings (SSSR count). The number of benzene rings is 1. The first-order valence-corrected chi connectivity index (χ1v) is 11.1. The minimum Gasteiger partial charge on any atom is -0.474 e. The maximum absolute atomic E-state index is 15.3. The second kappa shape index (κ2) is 7.98. The maximum atomic E-state index is 15.3. The van der Waals surface area contributed by atoms with Crippen LogP contribution in [0.5, 0.6) is 5.88 Å². The van der Waals surface area contributed by atoms with Crippen LogP contribution in [0.15, 0.2) is 24.5 Å². The molecule has 0 radical (unpaired) electrons.